The summed E-state index contributed by atoms with van der Waals surface area (Å²) in [5, 5.41) is 15.5. The largest absolute Gasteiger partial charge is 0.382 e. The molecule has 0 heterocycles. The topological polar surface area (TPSA) is 120 Å². The highest BCUT2D eigenvalue weighted by molar-refractivity contribution is 6.03. The number of ether oxygens (including phenoxy) is 2. The van der Waals surface area contributed by atoms with Gasteiger partial charge in [-0.3, -0.25) is 19.7 Å². The zero-order chi connectivity index (χ0) is 18.1. The number of nitrogens with zero attached hydrogens (tertiary/aromatic N) is 1. The van der Waals surface area contributed by atoms with Gasteiger partial charge in [0.2, 0.25) is 11.7 Å². The molecule has 10 heteroatoms. The van der Waals surface area contributed by atoms with Crippen molar-refractivity contribution in [3.05, 3.63) is 33.6 Å². The maximum atomic E-state index is 13.7. The standard InChI is InChI=1S/C14H18FN3O6/c1-9(19)17-12-8-13(18(21)22)11(15)7-10(12)14(20)16-3-4-24-6-5-23-2/h7-8H,3-6H2,1-2H3,(H,16,20)(H,17,19). The average Bonchev–Trinajstić information content (AvgIpc) is 2.51. The predicted molar refractivity (Wildman–Crippen MR) is 82.4 cm³/mol. The van der Waals surface area contributed by atoms with Crippen LogP contribution < -0.4 is 10.6 Å². The van der Waals surface area contributed by atoms with E-state index >= 15 is 0 Å². The van der Waals surface area contributed by atoms with E-state index in [1.165, 1.54) is 14.0 Å². The molecule has 0 aromatic heterocycles. The number of rotatable bonds is 9. The number of nitro benzene ring substituents is 1. The quantitative estimate of drug-likeness (QED) is 0.393. The maximum absolute atomic E-state index is 13.7. The van der Waals surface area contributed by atoms with Crippen LogP contribution in [0.15, 0.2) is 12.1 Å². The molecule has 1 aromatic rings. The Morgan fingerprint density at radius 2 is 2.00 bits per heavy atom. The lowest BCUT2D eigenvalue weighted by Gasteiger charge is -2.11. The van der Waals surface area contributed by atoms with Crippen LogP contribution in [-0.4, -0.2) is 50.2 Å². The van der Waals surface area contributed by atoms with Crippen LogP contribution in [0.4, 0.5) is 15.8 Å². The Hall–Kier alpha value is -2.59. The van der Waals surface area contributed by atoms with Crippen molar-refractivity contribution in [3.63, 3.8) is 0 Å². The number of hydrogen-bond acceptors (Lipinski definition) is 6. The van der Waals surface area contributed by atoms with Crippen molar-refractivity contribution < 1.29 is 28.4 Å². The lowest BCUT2D eigenvalue weighted by atomic mass is 10.1. The first-order valence-electron chi connectivity index (χ1n) is 6.97. The third kappa shape index (κ3) is 5.89. The summed E-state index contributed by atoms with van der Waals surface area (Å²) in [5.41, 5.74) is -1.20. The molecule has 9 nitrogen and oxygen atoms in total. The summed E-state index contributed by atoms with van der Waals surface area (Å²) in [4.78, 5) is 33.1. The van der Waals surface area contributed by atoms with E-state index in [2.05, 4.69) is 10.6 Å². The highest BCUT2D eigenvalue weighted by Gasteiger charge is 2.22. The molecule has 0 radical (unpaired) electrons. The number of nitrogens with one attached hydrogen (secondary N) is 2. The number of nitro groups is 1. The fourth-order valence-corrected chi connectivity index (χ4v) is 1.76. The number of carbonyl (C=O) groups excluding carboxylic acids is 2. The van der Waals surface area contributed by atoms with Gasteiger partial charge in [0, 0.05) is 26.6 Å². The van der Waals surface area contributed by atoms with Gasteiger partial charge in [-0.15, -0.1) is 0 Å². The molecule has 1 rings (SSSR count). The molecule has 2 amide bonds. The molecule has 0 fully saturated rings. The summed E-state index contributed by atoms with van der Waals surface area (Å²) in [6, 6.07) is 1.52. The van der Waals surface area contributed by atoms with E-state index in [-0.39, 0.29) is 24.4 Å². The Bertz CT molecular complexity index is 623. The summed E-state index contributed by atoms with van der Waals surface area (Å²) in [6.07, 6.45) is 0. The molecule has 0 aliphatic heterocycles. The molecule has 0 aliphatic carbocycles. The van der Waals surface area contributed by atoms with Gasteiger partial charge in [0.15, 0.2) is 0 Å². The molecule has 1 aromatic carbocycles. The van der Waals surface area contributed by atoms with Gasteiger partial charge >= 0.3 is 5.69 Å². The smallest absolute Gasteiger partial charge is 0.306 e. The second-order valence-electron chi connectivity index (χ2n) is 4.65. The van der Waals surface area contributed by atoms with Gasteiger partial charge in [0.25, 0.3) is 5.91 Å². The van der Waals surface area contributed by atoms with Crippen molar-refractivity contribution in [1.29, 1.82) is 0 Å². The monoisotopic (exact) mass is 343 g/mol. The number of methoxy groups -OCH3 is 1. The van der Waals surface area contributed by atoms with E-state index in [4.69, 9.17) is 9.47 Å². The number of halogens is 1. The molecular formula is C14H18FN3O6. The van der Waals surface area contributed by atoms with Crippen molar-refractivity contribution in [2.45, 2.75) is 6.92 Å². The molecule has 0 saturated heterocycles. The van der Waals surface area contributed by atoms with Crippen LogP contribution in [0.5, 0.6) is 0 Å². The molecule has 24 heavy (non-hydrogen) atoms. The molecule has 0 spiro atoms. The third-order valence-electron chi connectivity index (χ3n) is 2.80. The Morgan fingerprint density at radius 1 is 1.29 bits per heavy atom. The van der Waals surface area contributed by atoms with E-state index in [1.54, 1.807) is 0 Å². The Morgan fingerprint density at radius 3 is 2.58 bits per heavy atom. The first-order valence-corrected chi connectivity index (χ1v) is 6.97. The maximum Gasteiger partial charge on any atom is 0.306 e. The van der Waals surface area contributed by atoms with Crippen molar-refractivity contribution in [3.8, 4) is 0 Å². The minimum atomic E-state index is -1.17. The fraction of sp³-hybridized carbons (Fsp3) is 0.429. The number of benzene rings is 1. The first-order chi connectivity index (χ1) is 11.4. The second-order valence-corrected chi connectivity index (χ2v) is 4.65. The van der Waals surface area contributed by atoms with Gasteiger partial charge < -0.3 is 20.1 Å². The van der Waals surface area contributed by atoms with Crippen LogP contribution in [0.2, 0.25) is 0 Å². The van der Waals surface area contributed by atoms with E-state index in [0.717, 1.165) is 6.07 Å². The Kier molecular flexibility index (Phi) is 7.72. The predicted octanol–water partition coefficient (Wildman–Crippen LogP) is 1.09. The summed E-state index contributed by atoms with van der Waals surface area (Å²) < 4.78 is 23.7. The lowest BCUT2D eigenvalue weighted by molar-refractivity contribution is -0.387. The summed E-state index contributed by atoms with van der Waals surface area (Å²) in [5.74, 6) is -2.41. The number of amides is 2. The van der Waals surface area contributed by atoms with Gasteiger partial charge in [-0.05, 0) is 6.07 Å². The second kappa shape index (κ2) is 9.53. The zero-order valence-electron chi connectivity index (χ0n) is 13.3. The van der Waals surface area contributed by atoms with Crippen molar-refractivity contribution in [1.82, 2.24) is 5.32 Å². The normalized spacial score (nSPS) is 10.3. The lowest BCUT2D eigenvalue weighted by Crippen LogP contribution is -2.29. The summed E-state index contributed by atoms with van der Waals surface area (Å²) >= 11 is 0. The third-order valence-corrected chi connectivity index (χ3v) is 2.80. The highest BCUT2D eigenvalue weighted by atomic mass is 19.1. The molecule has 0 bridgehead atoms. The summed E-state index contributed by atoms with van der Waals surface area (Å²) in [6.45, 7) is 2.28. The van der Waals surface area contributed by atoms with Gasteiger partial charge in [-0.2, -0.15) is 4.39 Å². The van der Waals surface area contributed by atoms with Crippen LogP contribution in [0.1, 0.15) is 17.3 Å². The zero-order valence-corrected chi connectivity index (χ0v) is 13.3. The number of carbonyl (C=O) groups is 2. The van der Waals surface area contributed by atoms with Crippen molar-refractivity contribution in [2.75, 3.05) is 38.8 Å². The van der Waals surface area contributed by atoms with Crippen LogP contribution in [0.3, 0.4) is 0 Å². The van der Waals surface area contributed by atoms with E-state index in [1.807, 2.05) is 0 Å². The average molecular weight is 343 g/mol. The SMILES string of the molecule is COCCOCCNC(=O)c1cc(F)c([N+](=O)[O-])cc1NC(C)=O. The van der Waals surface area contributed by atoms with Crippen molar-refractivity contribution >= 4 is 23.2 Å². The number of anilines is 1. The van der Waals surface area contributed by atoms with Crippen LogP contribution in [0, 0.1) is 15.9 Å². The van der Waals surface area contributed by atoms with Crippen LogP contribution >= 0.6 is 0 Å². The molecule has 0 aliphatic rings. The molecular weight excluding hydrogens is 325 g/mol. The molecule has 0 saturated carbocycles. The van der Waals surface area contributed by atoms with Crippen LogP contribution in [-0.2, 0) is 14.3 Å². The van der Waals surface area contributed by atoms with E-state index in [9.17, 15) is 24.1 Å². The van der Waals surface area contributed by atoms with Crippen LogP contribution in [0.25, 0.3) is 0 Å². The highest BCUT2D eigenvalue weighted by Crippen LogP contribution is 2.26. The van der Waals surface area contributed by atoms with E-state index < -0.39 is 28.2 Å². The Labute approximate surface area is 137 Å². The fourth-order valence-electron chi connectivity index (χ4n) is 1.76. The molecule has 0 unspecified atom stereocenters. The Balaban J connectivity index is 2.84. The molecule has 0 atom stereocenters. The molecule has 132 valence electrons. The summed E-state index contributed by atoms with van der Waals surface area (Å²) in [7, 11) is 1.53. The van der Waals surface area contributed by atoms with Gasteiger partial charge in [-0.25, -0.2) is 0 Å². The molecule has 2 N–H and O–H groups in total. The van der Waals surface area contributed by atoms with Gasteiger partial charge in [0.05, 0.1) is 36.0 Å². The minimum absolute atomic E-state index is 0.140. The van der Waals surface area contributed by atoms with Gasteiger partial charge in [0.1, 0.15) is 0 Å². The minimum Gasteiger partial charge on any atom is -0.382 e. The first kappa shape index (κ1) is 19.5. The van der Waals surface area contributed by atoms with E-state index in [0.29, 0.717) is 19.3 Å². The number of hydrogen-bond donors (Lipinski definition) is 2. The van der Waals surface area contributed by atoms with Crippen molar-refractivity contribution in [2.24, 2.45) is 0 Å². The van der Waals surface area contributed by atoms with Gasteiger partial charge in [-0.1, -0.05) is 0 Å².